The van der Waals surface area contributed by atoms with Crippen LogP contribution in [0, 0.1) is 12.8 Å². The molecule has 1 aliphatic carbocycles. The van der Waals surface area contributed by atoms with Gasteiger partial charge >= 0.3 is 5.97 Å². The highest BCUT2D eigenvalue weighted by molar-refractivity contribution is 5.75. The highest BCUT2D eigenvalue weighted by Crippen LogP contribution is 2.47. The molecule has 0 bridgehead atoms. The summed E-state index contributed by atoms with van der Waals surface area (Å²) in [4.78, 5) is 15.3. The molecule has 0 spiro atoms. The molecule has 4 nitrogen and oxygen atoms in total. The fourth-order valence-electron chi connectivity index (χ4n) is 2.44. The maximum absolute atomic E-state index is 10.9. The summed E-state index contributed by atoms with van der Waals surface area (Å²) in [5.74, 6) is 0.293. The van der Waals surface area contributed by atoms with Crippen LogP contribution >= 0.6 is 0 Å². The second kappa shape index (κ2) is 4.23. The number of carboxylic acid groups (broad SMARTS) is 1. The molecule has 2 aromatic rings. The molecule has 19 heavy (non-hydrogen) atoms. The zero-order valence-electron chi connectivity index (χ0n) is 11.0. The van der Waals surface area contributed by atoms with Gasteiger partial charge in [0.2, 0.25) is 0 Å². The number of nitrogens with zero attached hydrogens (tertiary/aromatic N) is 2. The Morgan fingerprint density at radius 3 is 2.53 bits per heavy atom. The van der Waals surface area contributed by atoms with E-state index in [1.807, 2.05) is 49.0 Å². The van der Waals surface area contributed by atoms with Crippen molar-refractivity contribution < 1.29 is 9.90 Å². The van der Waals surface area contributed by atoms with Gasteiger partial charge in [0.25, 0.3) is 0 Å². The molecule has 1 N–H and O–H groups in total. The predicted molar refractivity (Wildman–Crippen MR) is 71.9 cm³/mol. The van der Waals surface area contributed by atoms with Gasteiger partial charge in [-0.2, -0.15) is 0 Å². The lowest BCUT2D eigenvalue weighted by molar-refractivity contribution is -0.138. The van der Waals surface area contributed by atoms with E-state index < -0.39 is 5.97 Å². The van der Waals surface area contributed by atoms with E-state index in [1.54, 1.807) is 0 Å². The van der Waals surface area contributed by atoms with Gasteiger partial charge in [-0.05, 0) is 24.8 Å². The molecule has 0 aliphatic heterocycles. The van der Waals surface area contributed by atoms with Crippen LogP contribution in [0.4, 0.5) is 0 Å². The lowest BCUT2D eigenvalue weighted by Crippen LogP contribution is -1.98. The first-order valence-corrected chi connectivity index (χ1v) is 6.39. The van der Waals surface area contributed by atoms with Gasteiger partial charge < -0.3 is 9.67 Å². The van der Waals surface area contributed by atoms with Crippen LogP contribution < -0.4 is 0 Å². The zero-order chi connectivity index (χ0) is 13.6. The Kier molecular flexibility index (Phi) is 2.66. The molecule has 4 heteroatoms. The van der Waals surface area contributed by atoms with Gasteiger partial charge in [0.15, 0.2) is 0 Å². The quantitative estimate of drug-likeness (QED) is 0.918. The number of aromatic nitrogens is 2. The number of rotatable bonds is 3. The number of hydrogen-bond acceptors (Lipinski definition) is 2. The molecule has 3 rings (SSSR count). The Morgan fingerprint density at radius 1 is 1.37 bits per heavy atom. The Balaban J connectivity index is 1.82. The van der Waals surface area contributed by atoms with Gasteiger partial charge in [-0.3, -0.25) is 4.79 Å². The van der Waals surface area contributed by atoms with Crippen molar-refractivity contribution in [2.24, 2.45) is 13.0 Å². The van der Waals surface area contributed by atoms with E-state index in [4.69, 9.17) is 5.11 Å². The number of aliphatic carboxylic acids is 1. The lowest BCUT2D eigenvalue weighted by Gasteiger charge is -2.01. The van der Waals surface area contributed by atoms with E-state index in [9.17, 15) is 4.79 Å². The van der Waals surface area contributed by atoms with E-state index in [2.05, 4.69) is 4.98 Å². The van der Waals surface area contributed by atoms with Crippen LogP contribution in [0.1, 0.15) is 23.7 Å². The summed E-state index contributed by atoms with van der Waals surface area (Å²) >= 11 is 0. The van der Waals surface area contributed by atoms with E-state index in [0.717, 1.165) is 29.1 Å². The number of carbonyl (C=O) groups is 1. The third-order valence-electron chi connectivity index (χ3n) is 3.85. The van der Waals surface area contributed by atoms with Crippen molar-refractivity contribution in [3.63, 3.8) is 0 Å². The summed E-state index contributed by atoms with van der Waals surface area (Å²) in [5, 5.41) is 8.94. The normalized spacial score (nSPS) is 21.4. The molecular formula is C15H16N2O2. The highest BCUT2D eigenvalue weighted by atomic mass is 16.4. The van der Waals surface area contributed by atoms with Crippen LogP contribution in [0.15, 0.2) is 30.5 Å². The molecular weight excluding hydrogens is 240 g/mol. The third kappa shape index (κ3) is 2.14. The van der Waals surface area contributed by atoms with E-state index in [-0.39, 0.29) is 11.8 Å². The van der Waals surface area contributed by atoms with E-state index in [0.29, 0.717) is 0 Å². The Labute approximate surface area is 111 Å². The molecule has 1 saturated carbocycles. The molecule has 2 atom stereocenters. The van der Waals surface area contributed by atoms with Crippen LogP contribution in [0.3, 0.4) is 0 Å². The Morgan fingerprint density at radius 2 is 2.05 bits per heavy atom. The summed E-state index contributed by atoms with van der Waals surface area (Å²) < 4.78 is 1.99. The Hall–Kier alpha value is -2.10. The molecule has 1 aromatic carbocycles. The van der Waals surface area contributed by atoms with E-state index >= 15 is 0 Å². The molecule has 1 aliphatic rings. The molecule has 0 unspecified atom stereocenters. The molecule has 1 aromatic heterocycles. The number of aryl methyl sites for hydroxylation is 2. The SMILES string of the molecule is Cc1nc(-c2ccc([C@@H]3C[C@H]3C(=O)O)cc2)cn1C. The molecule has 98 valence electrons. The number of imidazole rings is 1. The topological polar surface area (TPSA) is 55.1 Å². The molecule has 0 radical (unpaired) electrons. The number of carboxylic acids is 1. The minimum absolute atomic E-state index is 0.192. The molecule has 0 saturated heterocycles. The van der Waals surface area contributed by atoms with Gasteiger partial charge in [0.1, 0.15) is 5.82 Å². The molecule has 0 amide bonds. The second-order valence-corrected chi connectivity index (χ2v) is 5.19. The second-order valence-electron chi connectivity index (χ2n) is 5.19. The largest absolute Gasteiger partial charge is 0.481 e. The van der Waals surface area contributed by atoms with Crippen molar-refractivity contribution in [2.75, 3.05) is 0 Å². The minimum Gasteiger partial charge on any atom is -0.481 e. The fraction of sp³-hybridized carbons (Fsp3) is 0.333. The van der Waals surface area contributed by atoms with Crippen molar-refractivity contribution in [3.05, 3.63) is 41.9 Å². The first-order valence-electron chi connectivity index (χ1n) is 6.39. The van der Waals surface area contributed by atoms with Gasteiger partial charge in [-0.1, -0.05) is 24.3 Å². The van der Waals surface area contributed by atoms with Gasteiger partial charge in [0.05, 0.1) is 11.6 Å². The summed E-state index contributed by atoms with van der Waals surface area (Å²) in [6.07, 6.45) is 2.76. The van der Waals surface area contributed by atoms with Crippen molar-refractivity contribution >= 4 is 5.97 Å². The highest BCUT2D eigenvalue weighted by Gasteiger charge is 2.43. The van der Waals surface area contributed by atoms with Crippen LogP contribution in [-0.2, 0) is 11.8 Å². The maximum Gasteiger partial charge on any atom is 0.307 e. The minimum atomic E-state index is -0.686. The van der Waals surface area contributed by atoms with Crippen molar-refractivity contribution in [1.29, 1.82) is 0 Å². The standard InChI is InChI=1S/C15H16N2O2/c1-9-16-14(8-17(9)2)11-5-3-10(4-6-11)12-7-13(12)15(18)19/h3-6,8,12-13H,7H2,1-2H3,(H,18,19)/t12-,13+/m0/s1. The van der Waals surface area contributed by atoms with Crippen molar-refractivity contribution in [1.82, 2.24) is 9.55 Å². The molecule has 1 heterocycles. The Bertz CT molecular complexity index is 609. The van der Waals surface area contributed by atoms with Crippen molar-refractivity contribution in [3.8, 4) is 11.3 Å². The number of benzene rings is 1. The lowest BCUT2D eigenvalue weighted by atomic mass is 10.1. The summed E-state index contributed by atoms with van der Waals surface area (Å²) in [7, 11) is 1.97. The van der Waals surface area contributed by atoms with Gasteiger partial charge in [0, 0.05) is 18.8 Å². The average molecular weight is 256 g/mol. The maximum atomic E-state index is 10.9. The third-order valence-corrected chi connectivity index (χ3v) is 3.85. The summed E-state index contributed by atoms with van der Waals surface area (Å²) in [6.45, 7) is 1.97. The number of hydrogen-bond donors (Lipinski definition) is 1. The summed E-state index contributed by atoms with van der Waals surface area (Å²) in [5.41, 5.74) is 3.14. The molecule has 1 fully saturated rings. The van der Waals surface area contributed by atoms with E-state index in [1.165, 1.54) is 0 Å². The van der Waals surface area contributed by atoms with Crippen molar-refractivity contribution in [2.45, 2.75) is 19.3 Å². The predicted octanol–water partition coefficient (Wildman–Crippen LogP) is 2.58. The van der Waals surface area contributed by atoms with Gasteiger partial charge in [-0.25, -0.2) is 4.98 Å². The first kappa shape index (κ1) is 12.0. The van der Waals surface area contributed by atoms with Crippen LogP contribution in [-0.4, -0.2) is 20.6 Å². The monoisotopic (exact) mass is 256 g/mol. The van der Waals surface area contributed by atoms with Gasteiger partial charge in [-0.15, -0.1) is 0 Å². The average Bonchev–Trinajstić information content (AvgIpc) is 3.12. The fourth-order valence-corrected chi connectivity index (χ4v) is 2.44. The van der Waals surface area contributed by atoms with Crippen LogP contribution in [0.2, 0.25) is 0 Å². The summed E-state index contributed by atoms with van der Waals surface area (Å²) in [6, 6.07) is 8.09. The zero-order valence-corrected chi connectivity index (χ0v) is 11.0. The first-order chi connectivity index (χ1) is 9.06. The van der Waals surface area contributed by atoms with Crippen LogP contribution in [0.25, 0.3) is 11.3 Å². The smallest absolute Gasteiger partial charge is 0.307 e. The van der Waals surface area contributed by atoms with Crippen LogP contribution in [0.5, 0.6) is 0 Å².